The molecule has 0 bridgehead atoms. The third-order valence-corrected chi connectivity index (χ3v) is 6.28. The van der Waals surface area contributed by atoms with Gasteiger partial charge in [0.05, 0.1) is 0 Å². The number of urea groups is 1. The number of carbonyl (C=O) groups is 1. The molecule has 0 saturated carbocycles. The number of nitrogens with zero attached hydrogens (tertiary/aromatic N) is 1. The first-order chi connectivity index (χ1) is 15.8. The van der Waals surface area contributed by atoms with E-state index >= 15 is 0 Å². The molecule has 2 amide bonds. The molecule has 0 saturated heterocycles. The van der Waals surface area contributed by atoms with Crippen molar-refractivity contribution in [2.45, 2.75) is 89.9 Å². The van der Waals surface area contributed by atoms with E-state index in [4.69, 9.17) is 5.73 Å². The summed E-state index contributed by atoms with van der Waals surface area (Å²) in [5.41, 5.74) is 8.48. The van der Waals surface area contributed by atoms with E-state index in [1.54, 1.807) is 0 Å². The van der Waals surface area contributed by atoms with Crippen LogP contribution in [-0.2, 0) is 12.8 Å². The van der Waals surface area contributed by atoms with Crippen molar-refractivity contribution in [1.82, 2.24) is 4.90 Å². The van der Waals surface area contributed by atoms with Gasteiger partial charge in [-0.3, -0.25) is 0 Å². The molecule has 2 aromatic rings. The van der Waals surface area contributed by atoms with Gasteiger partial charge in [-0.2, -0.15) is 0 Å². The molecule has 2 N–H and O–H groups in total. The summed E-state index contributed by atoms with van der Waals surface area (Å²) < 4.78 is 0. The molecule has 0 unspecified atom stereocenters. The first-order valence-electron chi connectivity index (χ1n) is 12.9. The van der Waals surface area contributed by atoms with Gasteiger partial charge in [0.1, 0.15) is 0 Å². The molecule has 0 aliphatic rings. The monoisotopic (exact) mass is 436 g/mol. The highest BCUT2D eigenvalue weighted by Crippen LogP contribution is 2.12. The van der Waals surface area contributed by atoms with Gasteiger partial charge in [0.15, 0.2) is 0 Å². The summed E-state index contributed by atoms with van der Waals surface area (Å²) in [4.78, 5) is 13.6. The molecule has 3 nitrogen and oxygen atoms in total. The molecule has 0 fully saturated rings. The number of primary amides is 1. The number of unbranched alkanes of at least 4 members (excludes halogenated alkanes) is 10. The maximum absolute atomic E-state index is 11.7. The van der Waals surface area contributed by atoms with Gasteiger partial charge < -0.3 is 10.6 Å². The second-order valence-corrected chi connectivity index (χ2v) is 9.04. The van der Waals surface area contributed by atoms with Crippen LogP contribution in [0.1, 0.15) is 88.2 Å². The lowest BCUT2D eigenvalue weighted by Gasteiger charge is -2.20. The van der Waals surface area contributed by atoms with Crippen molar-refractivity contribution in [3.8, 4) is 0 Å². The lowest BCUT2D eigenvalue weighted by Crippen LogP contribution is -2.37. The Morgan fingerprint density at radius 1 is 0.531 bits per heavy atom. The van der Waals surface area contributed by atoms with Gasteiger partial charge in [-0.05, 0) is 49.7 Å². The molecule has 0 spiro atoms. The first-order valence-corrected chi connectivity index (χ1v) is 12.9. The van der Waals surface area contributed by atoms with Crippen LogP contribution in [0.4, 0.5) is 4.79 Å². The van der Waals surface area contributed by atoms with Crippen LogP contribution in [0.5, 0.6) is 0 Å². The summed E-state index contributed by atoms with van der Waals surface area (Å²) in [6.45, 7) is 1.63. The van der Waals surface area contributed by atoms with Crippen molar-refractivity contribution in [3.63, 3.8) is 0 Å². The van der Waals surface area contributed by atoms with E-state index in [-0.39, 0.29) is 6.03 Å². The van der Waals surface area contributed by atoms with Gasteiger partial charge in [0.25, 0.3) is 0 Å². The van der Waals surface area contributed by atoms with Crippen LogP contribution in [0.3, 0.4) is 0 Å². The van der Waals surface area contributed by atoms with Crippen LogP contribution in [0, 0.1) is 0 Å². The van der Waals surface area contributed by atoms with E-state index in [1.807, 2.05) is 4.90 Å². The normalized spacial score (nSPS) is 10.9. The molecular formula is C29H44N2O. The molecule has 0 atom stereocenters. The summed E-state index contributed by atoms with van der Waals surface area (Å²) in [5, 5.41) is 0. The molecule has 3 heteroatoms. The summed E-state index contributed by atoms with van der Waals surface area (Å²) in [6.07, 6.45) is 17.1. The third-order valence-electron chi connectivity index (χ3n) is 6.28. The summed E-state index contributed by atoms with van der Waals surface area (Å²) in [6, 6.07) is 21.2. The predicted molar refractivity (Wildman–Crippen MR) is 137 cm³/mol. The van der Waals surface area contributed by atoms with Crippen molar-refractivity contribution in [2.24, 2.45) is 5.73 Å². The number of hydrogen-bond acceptors (Lipinski definition) is 1. The van der Waals surface area contributed by atoms with E-state index in [1.165, 1.54) is 88.2 Å². The van der Waals surface area contributed by atoms with Gasteiger partial charge in [-0.25, -0.2) is 4.79 Å². The van der Waals surface area contributed by atoms with Crippen LogP contribution in [0.2, 0.25) is 0 Å². The maximum Gasteiger partial charge on any atom is 0.314 e. The Kier molecular flexibility index (Phi) is 14.0. The SMILES string of the molecule is NC(=O)N(CCCCCCCCc1ccccc1)CCCCCCCCc1ccccc1. The van der Waals surface area contributed by atoms with E-state index < -0.39 is 0 Å². The summed E-state index contributed by atoms with van der Waals surface area (Å²) in [5.74, 6) is 0. The molecule has 2 aromatic carbocycles. The summed E-state index contributed by atoms with van der Waals surface area (Å²) in [7, 11) is 0. The Labute approximate surface area is 196 Å². The molecule has 0 aliphatic carbocycles. The molecule has 176 valence electrons. The zero-order valence-corrected chi connectivity index (χ0v) is 20.0. The fraction of sp³-hybridized carbons (Fsp3) is 0.552. The Balaban J connectivity index is 1.40. The largest absolute Gasteiger partial charge is 0.351 e. The van der Waals surface area contributed by atoms with Crippen molar-refractivity contribution in [2.75, 3.05) is 13.1 Å². The standard InChI is InChI=1S/C29H44N2O/c30-29(32)31(25-17-7-3-1-5-11-19-27-21-13-9-14-22-27)26-18-8-4-2-6-12-20-28-23-15-10-16-24-28/h9-10,13-16,21-24H,1-8,11-12,17-20,25-26H2,(H2,30,32). The average Bonchev–Trinajstić information content (AvgIpc) is 2.82. The number of benzene rings is 2. The van der Waals surface area contributed by atoms with E-state index in [9.17, 15) is 4.79 Å². The minimum absolute atomic E-state index is 0.254. The molecule has 0 aromatic heterocycles. The van der Waals surface area contributed by atoms with Crippen LogP contribution < -0.4 is 5.73 Å². The van der Waals surface area contributed by atoms with Gasteiger partial charge in [0, 0.05) is 13.1 Å². The molecular weight excluding hydrogens is 392 g/mol. The Morgan fingerprint density at radius 3 is 1.25 bits per heavy atom. The van der Waals surface area contributed by atoms with Crippen molar-refractivity contribution < 1.29 is 4.79 Å². The fourth-order valence-electron chi connectivity index (χ4n) is 4.30. The summed E-state index contributed by atoms with van der Waals surface area (Å²) >= 11 is 0. The van der Waals surface area contributed by atoms with Crippen LogP contribution >= 0.6 is 0 Å². The predicted octanol–water partition coefficient (Wildman–Crippen LogP) is 7.53. The van der Waals surface area contributed by atoms with E-state index in [2.05, 4.69) is 60.7 Å². The van der Waals surface area contributed by atoms with Gasteiger partial charge in [0.2, 0.25) is 0 Å². The number of amides is 2. The Morgan fingerprint density at radius 2 is 0.875 bits per heavy atom. The van der Waals surface area contributed by atoms with Gasteiger partial charge in [-0.15, -0.1) is 0 Å². The zero-order valence-electron chi connectivity index (χ0n) is 20.0. The first kappa shape index (κ1) is 26.0. The zero-order chi connectivity index (χ0) is 22.7. The number of hydrogen-bond donors (Lipinski definition) is 1. The van der Waals surface area contributed by atoms with Crippen LogP contribution in [0.25, 0.3) is 0 Å². The Hall–Kier alpha value is -2.29. The highest BCUT2D eigenvalue weighted by molar-refractivity contribution is 5.71. The molecule has 32 heavy (non-hydrogen) atoms. The lowest BCUT2D eigenvalue weighted by atomic mass is 10.0. The lowest BCUT2D eigenvalue weighted by molar-refractivity contribution is 0.204. The van der Waals surface area contributed by atoms with Crippen molar-refractivity contribution in [1.29, 1.82) is 0 Å². The second-order valence-electron chi connectivity index (χ2n) is 9.04. The second kappa shape index (κ2) is 17.3. The number of aryl methyl sites for hydroxylation is 2. The van der Waals surface area contributed by atoms with Gasteiger partial charge in [-0.1, -0.05) is 112 Å². The number of carbonyl (C=O) groups excluding carboxylic acids is 1. The quantitative estimate of drug-likeness (QED) is 0.241. The van der Waals surface area contributed by atoms with Gasteiger partial charge >= 0.3 is 6.03 Å². The van der Waals surface area contributed by atoms with E-state index in [0.29, 0.717) is 0 Å². The number of rotatable bonds is 18. The highest BCUT2D eigenvalue weighted by atomic mass is 16.2. The maximum atomic E-state index is 11.7. The van der Waals surface area contributed by atoms with Crippen molar-refractivity contribution in [3.05, 3.63) is 71.8 Å². The van der Waals surface area contributed by atoms with Crippen molar-refractivity contribution >= 4 is 6.03 Å². The highest BCUT2D eigenvalue weighted by Gasteiger charge is 2.08. The minimum atomic E-state index is -0.254. The van der Waals surface area contributed by atoms with Crippen LogP contribution in [0.15, 0.2) is 60.7 Å². The molecule has 0 heterocycles. The fourth-order valence-corrected chi connectivity index (χ4v) is 4.30. The van der Waals surface area contributed by atoms with Crippen LogP contribution in [-0.4, -0.2) is 24.0 Å². The molecule has 0 aliphatic heterocycles. The minimum Gasteiger partial charge on any atom is -0.351 e. The Bertz CT molecular complexity index is 646. The van der Waals surface area contributed by atoms with E-state index in [0.717, 1.165) is 25.9 Å². The molecule has 2 rings (SSSR count). The topological polar surface area (TPSA) is 46.3 Å². The average molecular weight is 437 g/mol. The number of nitrogens with two attached hydrogens (primary N) is 1. The smallest absolute Gasteiger partial charge is 0.314 e. The third kappa shape index (κ3) is 12.5. The molecule has 0 radical (unpaired) electrons.